The van der Waals surface area contributed by atoms with Crippen molar-refractivity contribution < 1.29 is 14.3 Å². The van der Waals surface area contributed by atoms with Crippen LogP contribution in [0.1, 0.15) is 6.92 Å². The lowest BCUT2D eigenvalue weighted by Crippen LogP contribution is -2.31. The molecule has 0 aromatic heterocycles. The summed E-state index contributed by atoms with van der Waals surface area (Å²) in [5.41, 5.74) is 0.825. The molecule has 1 aromatic rings. The van der Waals surface area contributed by atoms with Crippen LogP contribution in [0.3, 0.4) is 0 Å². The minimum Gasteiger partial charge on any atom is -0.493 e. The standard InChI is InChI=1S/C13H20N2O3/c1-5-15(2)13(16)9-14-10-6-7-11(17-3)12(8-10)18-4/h6-8,14H,5,9H2,1-4H3. The predicted molar refractivity (Wildman–Crippen MR) is 71.3 cm³/mol. The SMILES string of the molecule is CCN(C)C(=O)CNc1ccc(OC)c(OC)c1. The van der Waals surface area contributed by atoms with Gasteiger partial charge < -0.3 is 19.7 Å². The number of nitrogens with one attached hydrogen (secondary N) is 1. The Hall–Kier alpha value is -1.91. The second kappa shape index (κ2) is 6.74. The lowest BCUT2D eigenvalue weighted by Gasteiger charge is -2.16. The van der Waals surface area contributed by atoms with Gasteiger partial charge in [0, 0.05) is 25.3 Å². The van der Waals surface area contributed by atoms with Crippen LogP contribution >= 0.6 is 0 Å². The molecular weight excluding hydrogens is 232 g/mol. The van der Waals surface area contributed by atoms with Crippen molar-refractivity contribution in [1.29, 1.82) is 0 Å². The van der Waals surface area contributed by atoms with Gasteiger partial charge in [0.1, 0.15) is 0 Å². The highest BCUT2D eigenvalue weighted by Gasteiger charge is 2.08. The fourth-order valence-electron chi connectivity index (χ4n) is 1.44. The average molecular weight is 252 g/mol. The van der Waals surface area contributed by atoms with E-state index in [2.05, 4.69) is 5.32 Å². The number of amides is 1. The molecule has 1 amide bonds. The lowest BCUT2D eigenvalue weighted by molar-refractivity contribution is -0.127. The van der Waals surface area contributed by atoms with Gasteiger partial charge in [0.15, 0.2) is 11.5 Å². The van der Waals surface area contributed by atoms with Crippen LogP contribution in [0.2, 0.25) is 0 Å². The van der Waals surface area contributed by atoms with Gasteiger partial charge in [0.05, 0.1) is 20.8 Å². The third-order valence-corrected chi connectivity index (χ3v) is 2.73. The van der Waals surface area contributed by atoms with E-state index >= 15 is 0 Å². The summed E-state index contributed by atoms with van der Waals surface area (Å²) in [7, 11) is 4.95. The van der Waals surface area contributed by atoms with E-state index in [1.54, 1.807) is 38.3 Å². The highest BCUT2D eigenvalue weighted by atomic mass is 16.5. The molecule has 0 unspecified atom stereocenters. The summed E-state index contributed by atoms with van der Waals surface area (Å²) < 4.78 is 10.3. The molecule has 5 nitrogen and oxygen atoms in total. The number of likely N-dealkylation sites (N-methyl/N-ethyl adjacent to an activating group) is 1. The van der Waals surface area contributed by atoms with Crippen molar-refractivity contribution in [1.82, 2.24) is 4.90 Å². The van der Waals surface area contributed by atoms with Crippen molar-refractivity contribution >= 4 is 11.6 Å². The average Bonchev–Trinajstić information content (AvgIpc) is 2.43. The molecule has 0 radical (unpaired) electrons. The third-order valence-electron chi connectivity index (χ3n) is 2.73. The smallest absolute Gasteiger partial charge is 0.241 e. The molecule has 0 spiro atoms. The second-order valence-corrected chi connectivity index (χ2v) is 3.83. The summed E-state index contributed by atoms with van der Waals surface area (Å²) in [6.07, 6.45) is 0. The van der Waals surface area contributed by atoms with Crippen LogP contribution in [0.4, 0.5) is 5.69 Å². The van der Waals surface area contributed by atoms with Crippen molar-refractivity contribution in [3.05, 3.63) is 18.2 Å². The van der Waals surface area contributed by atoms with Crippen molar-refractivity contribution in [3.8, 4) is 11.5 Å². The number of rotatable bonds is 6. The maximum atomic E-state index is 11.6. The van der Waals surface area contributed by atoms with Crippen LogP contribution in [-0.4, -0.2) is 45.2 Å². The Morgan fingerprint density at radius 2 is 1.94 bits per heavy atom. The Morgan fingerprint density at radius 3 is 2.50 bits per heavy atom. The zero-order valence-electron chi connectivity index (χ0n) is 11.3. The largest absolute Gasteiger partial charge is 0.493 e. The number of ether oxygens (including phenoxy) is 2. The maximum Gasteiger partial charge on any atom is 0.241 e. The highest BCUT2D eigenvalue weighted by Crippen LogP contribution is 2.29. The molecule has 0 heterocycles. The van der Waals surface area contributed by atoms with E-state index in [1.807, 2.05) is 13.0 Å². The number of carbonyl (C=O) groups is 1. The van der Waals surface area contributed by atoms with Gasteiger partial charge in [0.25, 0.3) is 0 Å². The fourth-order valence-corrected chi connectivity index (χ4v) is 1.44. The van der Waals surface area contributed by atoms with Crippen LogP contribution in [0, 0.1) is 0 Å². The summed E-state index contributed by atoms with van der Waals surface area (Å²) in [5.74, 6) is 1.35. The van der Waals surface area contributed by atoms with Crippen LogP contribution in [0.5, 0.6) is 11.5 Å². The van der Waals surface area contributed by atoms with E-state index in [9.17, 15) is 4.79 Å². The Bertz CT molecular complexity index is 407. The van der Waals surface area contributed by atoms with Gasteiger partial charge in [-0.25, -0.2) is 0 Å². The van der Waals surface area contributed by atoms with Crippen molar-refractivity contribution in [3.63, 3.8) is 0 Å². The van der Waals surface area contributed by atoms with Gasteiger partial charge in [-0.1, -0.05) is 0 Å². The van der Waals surface area contributed by atoms with Crippen molar-refractivity contribution in [2.24, 2.45) is 0 Å². The van der Waals surface area contributed by atoms with Gasteiger partial charge >= 0.3 is 0 Å². The molecule has 1 N–H and O–H groups in total. The Labute approximate surface area is 108 Å². The summed E-state index contributed by atoms with van der Waals surface area (Å²) in [6.45, 7) is 2.90. The molecule has 100 valence electrons. The van der Waals surface area contributed by atoms with E-state index in [-0.39, 0.29) is 12.5 Å². The van der Waals surface area contributed by atoms with Gasteiger partial charge in [-0.15, -0.1) is 0 Å². The van der Waals surface area contributed by atoms with E-state index in [0.717, 1.165) is 5.69 Å². The maximum absolute atomic E-state index is 11.6. The second-order valence-electron chi connectivity index (χ2n) is 3.83. The summed E-state index contributed by atoms with van der Waals surface area (Å²) in [5, 5.41) is 3.06. The van der Waals surface area contributed by atoms with Gasteiger partial charge in [-0.2, -0.15) is 0 Å². The van der Waals surface area contributed by atoms with Gasteiger partial charge in [-0.3, -0.25) is 4.79 Å². The molecule has 0 atom stereocenters. The lowest BCUT2D eigenvalue weighted by atomic mass is 10.2. The van der Waals surface area contributed by atoms with E-state index in [4.69, 9.17) is 9.47 Å². The number of benzene rings is 1. The molecule has 0 saturated heterocycles. The third kappa shape index (κ3) is 3.55. The first-order chi connectivity index (χ1) is 8.62. The normalized spacial score (nSPS) is 9.78. The number of nitrogens with zero attached hydrogens (tertiary/aromatic N) is 1. The summed E-state index contributed by atoms with van der Waals surface area (Å²) >= 11 is 0. The first-order valence-corrected chi connectivity index (χ1v) is 5.82. The van der Waals surface area contributed by atoms with Gasteiger partial charge in [-0.05, 0) is 19.1 Å². The molecular formula is C13H20N2O3. The molecule has 0 fully saturated rings. The van der Waals surface area contributed by atoms with Crippen LogP contribution in [-0.2, 0) is 4.79 Å². The Kier molecular flexibility index (Phi) is 5.30. The van der Waals surface area contributed by atoms with Crippen LogP contribution in [0.25, 0.3) is 0 Å². The number of carbonyl (C=O) groups excluding carboxylic acids is 1. The van der Waals surface area contributed by atoms with E-state index < -0.39 is 0 Å². The Morgan fingerprint density at radius 1 is 1.28 bits per heavy atom. The van der Waals surface area contributed by atoms with E-state index in [0.29, 0.717) is 18.0 Å². The van der Waals surface area contributed by atoms with Gasteiger partial charge in [0.2, 0.25) is 5.91 Å². The molecule has 0 aliphatic carbocycles. The first kappa shape index (κ1) is 14.2. The van der Waals surface area contributed by atoms with Crippen molar-refractivity contribution in [2.75, 3.05) is 39.7 Å². The number of hydrogen-bond donors (Lipinski definition) is 1. The Balaban J connectivity index is 2.66. The van der Waals surface area contributed by atoms with Crippen molar-refractivity contribution in [2.45, 2.75) is 6.92 Å². The zero-order chi connectivity index (χ0) is 13.5. The molecule has 1 rings (SSSR count). The molecule has 0 bridgehead atoms. The topological polar surface area (TPSA) is 50.8 Å². The molecule has 18 heavy (non-hydrogen) atoms. The summed E-state index contributed by atoms with van der Waals surface area (Å²) in [4.78, 5) is 13.3. The molecule has 5 heteroatoms. The predicted octanol–water partition coefficient (Wildman–Crippen LogP) is 1.59. The number of anilines is 1. The summed E-state index contributed by atoms with van der Waals surface area (Å²) in [6, 6.07) is 5.45. The zero-order valence-corrected chi connectivity index (χ0v) is 11.3. The van der Waals surface area contributed by atoms with Crippen LogP contribution in [0.15, 0.2) is 18.2 Å². The van der Waals surface area contributed by atoms with E-state index in [1.165, 1.54) is 0 Å². The fraction of sp³-hybridized carbons (Fsp3) is 0.462. The molecule has 0 aliphatic rings. The molecule has 0 saturated carbocycles. The van der Waals surface area contributed by atoms with Crippen LogP contribution < -0.4 is 14.8 Å². The monoisotopic (exact) mass is 252 g/mol. The molecule has 0 aliphatic heterocycles. The minimum absolute atomic E-state index is 0.0484. The highest BCUT2D eigenvalue weighted by molar-refractivity contribution is 5.80. The number of methoxy groups -OCH3 is 2. The first-order valence-electron chi connectivity index (χ1n) is 5.82. The molecule has 1 aromatic carbocycles. The number of hydrogen-bond acceptors (Lipinski definition) is 4. The quantitative estimate of drug-likeness (QED) is 0.835. The minimum atomic E-state index is 0.0484.